The van der Waals surface area contributed by atoms with Crippen molar-refractivity contribution < 1.29 is 19.1 Å². The summed E-state index contributed by atoms with van der Waals surface area (Å²) >= 11 is 0. The molecule has 1 N–H and O–H groups in total. The van der Waals surface area contributed by atoms with E-state index in [1.807, 2.05) is 20.8 Å². The number of aromatic nitrogens is 1. The molecule has 1 amide bonds. The zero-order valence-electron chi connectivity index (χ0n) is 13.8. The highest BCUT2D eigenvalue weighted by Crippen LogP contribution is 2.14. The van der Waals surface area contributed by atoms with Crippen LogP contribution in [0.1, 0.15) is 45.1 Å². The van der Waals surface area contributed by atoms with Crippen molar-refractivity contribution in [1.29, 1.82) is 0 Å². The van der Waals surface area contributed by atoms with Crippen LogP contribution in [-0.4, -0.2) is 41.2 Å². The van der Waals surface area contributed by atoms with Crippen LogP contribution in [0.5, 0.6) is 0 Å². The lowest BCUT2D eigenvalue weighted by atomic mass is 10.1. The second-order valence-corrected chi connectivity index (χ2v) is 5.85. The van der Waals surface area contributed by atoms with Crippen LogP contribution >= 0.6 is 0 Å². The minimum absolute atomic E-state index is 0.233. The van der Waals surface area contributed by atoms with Gasteiger partial charge in [0.25, 0.3) is 5.91 Å². The molecule has 0 radical (unpaired) electrons. The van der Waals surface area contributed by atoms with Crippen molar-refractivity contribution in [3.05, 3.63) is 30.1 Å². The van der Waals surface area contributed by atoms with E-state index >= 15 is 0 Å². The summed E-state index contributed by atoms with van der Waals surface area (Å²) in [5, 5.41) is 2.64. The van der Waals surface area contributed by atoms with Gasteiger partial charge in [-0.25, -0.2) is 4.79 Å². The molecule has 1 aromatic heterocycles. The SMILES string of the molecule is CCOC(=O)[C@@H](NC(=O)c1ccccn1)[C@@H](C)OC(C)(C)C. The fourth-order valence-corrected chi connectivity index (χ4v) is 1.94. The predicted molar refractivity (Wildman–Crippen MR) is 82.4 cm³/mol. The minimum atomic E-state index is -0.895. The first-order valence-electron chi connectivity index (χ1n) is 7.31. The van der Waals surface area contributed by atoms with Crippen molar-refractivity contribution in [3.63, 3.8) is 0 Å². The standard InChI is InChI=1S/C16H24N2O4/c1-6-21-15(20)13(11(2)22-16(3,4)5)18-14(19)12-9-7-8-10-17-12/h7-11,13H,6H2,1-5H3,(H,18,19)/t11-,13+/m1/s1. The van der Waals surface area contributed by atoms with E-state index < -0.39 is 29.6 Å². The van der Waals surface area contributed by atoms with Gasteiger partial charge in [0, 0.05) is 6.20 Å². The van der Waals surface area contributed by atoms with Gasteiger partial charge >= 0.3 is 5.97 Å². The Hall–Kier alpha value is -1.95. The Kier molecular flexibility index (Phi) is 6.49. The van der Waals surface area contributed by atoms with Gasteiger partial charge in [-0.3, -0.25) is 9.78 Å². The normalized spacial score (nSPS) is 14.0. The van der Waals surface area contributed by atoms with Gasteiger partial charge in [-0.2, -0.15) is 0 Å². The maximum absolute atomic E-state index is 12.2. The Labute approximate surface area is 131 Å². The van der Waals surface area contributed by atoms with E-state index in [4.69, 9.17) is 9.47 Å². The molecule has 1 aromatic rings. The summed E-state index contributed by atoms with van der Waals surface area (Å²) in [7, 11) is 0. The van der Waals surface area contributed by atoms with E-state index in [-0.39, 0.29) is 12.3 Å². The van der Waals surface area contributed by atoms with Crippen LogP contribution in [0.25, 0.3) is 0 Å². The second-order valence-electron chi connectivity index (χ2n) is 5.85. The lowest BCUT2D eigenvalue weighted by molar-refractivity contribution is -0.152. The highest BCUT2D eigenvalue weighted by atomic mass is 16.5. The fraction of sp³-hybridized carbons (Fsp3) is 0.562. The summed E-state index contributed by atoms with van der Waals surface area (Å²) in [5.41, 5.74) is -0.209. The van der Waals surface area contributed by atoms with Crippen LogP contribution in [0.2, 0.25) is 0 Å². The molecular formula is C16H24N2O4. The minimum Gasteiger partial charge on any atom is -0.464 e. The summed E-state index contributed by atoms with van der Waals surface area (Å²) in [4.78, 5) is 28.3. The van der Waals surface area contributed by atoms with Crippen molar-refractivity contribution in [1.82, 2.24) is 10.3 Å². The van der Waals surface area contributed by atoms with Crippen molar-refractivity contribution >= 4 is 11.9 Å². The molecule has 0 aliphatic carbocycles. The van der Waals surface area contributed by atoms with Crippen molar-refractivity contribution in [2.75, 3.05) is 6.61 Å². The molecule has 1 rings (SSSR count). The van der Waals surface area contributed by atoms with E-state index in [9.17, 15) is 9.59 Å². The quantitative estimate of drug-likeness (QED) is 0.813. The molecule has 6 heteroatoms. The highest BCUT2D eigenvalue weighted by molar-refractivity contribution is 5.95. The number of hydrogen-bond acceptors (Lipinski definition) is 5. The Morgan fingerprint density at radius 1 is 1.32 bits per heavy atom. The summed E-state index contributed by atoms with van der Waals surface area (Å²) < 4.78 is 10.8. The number of nitrogens with zero attached hydrogens (tertiary/aromatic N) is 1. The molecule has 1 heterocycles. The molecular weight excluding hydrogens is 284 g/mol. The highest BCUT2D eigenvalue weighted by Gasteiger charge is 2.32. The lowest BCUT2D eigenvalue weighted by Crippen LogP contribution is -2.51. The molecule has 0 saturated heterocycles. The van der Waals surface area contributed by atoms with E-state index in [1.54, 1.807) is 32.0 Å². The van der Waals surface area contributed by atoms with Crippen molar-refractivity contribution in [2.45, 2.75) is 52.4 Å². The zero-order chi connectivity index (χ0) is 16.8. The van der Waals surface area contributed by atoms with Gasteiger partial charge in [-0.05, 0) is 46.8 Å². The maximum Gasteiger partial charge on any atom is 0.331 e. The van der Waals surface area contributed by atoms with Gasteiger partial charge in [-0.15, -0.1) is 0 Å². The first-order chi connectivity index (χ1) is 10.2. The van der Waals surface area contributed by atoms with E-state index in [1.165, 1.54) is 6.20 Å². The van der Waals surface area contributed by atoms with Crippen molar-refractivity contribution in [3.8, 4) is 0 Å². The summed E-state index contributed by atoms with van der Waals surface area (Å²) in [6, 6.07) is 4.10. The van der Waals surface area contributed by atoms with E-state index in [0.29, 0.717) is 0 Å². The summed E-state index contributed by atoms with van der Waals surface area (Å²) in [5.74, 6) is -0.966. The Bertz CT molecular complexity index is 497. The largest absolute Gasteiger partial charge is 0.464 e. The number of ether oxygens (including phenoxy) is 2. The Balaban J connectivity index is 2.86. The fourth-order valence-electron chi connectivity index (χ4n) is 1.94. The third kappa shape index (κ3) is 5.81. The van der Waals surface area contributed by atoms with Crippen LogP contribution in [0.3, 0.4) is 0 Å². The number of hydrogen-bond donors (Lipinski definition) is 1. The molecule has 22 heavy (non-hydrogen) atoms. The topological polar surface area (TPSA) is 77.5 Å². The number of carbonyl (C=O) groups is 2. The second kappa shape index (κ2) is 7.89. The molecule has 0 bridgehead atoms. The van der Waals surface area contributed by atoms with E-state index in [2.05, 4.69) is 10.3 Å². The van der Waals surface area contributed by atoms with Gasteiger partial charge in [0.05, 0.1) is 18.3 Å². The van der Waals surface area contributed by atoms with Gasteiger partial charge in [0.15, 0.2) is 6.04 Å². The summed E-state index contributed by atoms with van der Waals surface area (Å²) in [6.45, 7) is 9.32. The van der Waals surface area contributed by atoms with Crippen LogP contribution in [0.15, 0.2) is 24.4 Å². The molecule has 0 aromatic carbocycles. The van der Waals surface area contributed by atoms with E-state index in [0.717, 1.165) is 0 Å². The van der Waals surface area contributed by atoms with Gasteiger partial charge in [0.2, 0.25) is 0 Å². The number of rotatable bonds is 6. The molecule has 0 aliphatic heterocycles. The molecule has 0 fully saturated rings. The number of esters is 1. The smallest absolute Gasteiger partial charge is 0.331 e. The lowest BCUT2D eigenvalue weighted by Gasteiger charge is -2.30. The van der Waals surface area contributed by atoms with Gasteiger partial charge < -0.3 is 14.8 Å². The van der Waals surface area contributed by atoms with Crippen molar-refractivity contribution in [2.24, 2.45) is 0 Å². The number of amides is 1. The molecule has 0 spiro atoms. The average Bonchev–Trinajstić information content (AvgIpc) is 2.43. The molecule has 0 aliphatic rings. The zero-order valence-corrected chi connectivity index (χ0v) is 13.8. The number of pyridine rings is 1. The van der Waals surface area contributed by atoms with Gasteiger partial charge in [0.1, 0.15) is 5.69 Å². The van der Waals surface area contributed by atoms with Crippen LogP contribution in [0.4, 0.5) is 0 Å². The van der Waals surface area contributed by atoms with Crippen LogP contribution < -0.4 is 5.32 Å². The third-order valence-corrected chi connectivity index (χ3v) is 2.73. The first-order valence-corrected chi connectivity index (χ1v) is 7.31. The average molecular weight is 308 g/mol. The maximum atomic E-state index is 12.2. The number of nitrogens with one attached hydrogen (secondary N) is 1. The van der Waals surface area contributed by atoms with Crippen LogP contribution in [0, 0.1) is 0 Å². The molecule has 2 atom stereocenters. The molecule has 0 saturated carbocycles. The molecule has 122 valence electrons. The van der Waals surface area contributed by atoms with Crippen LogP contribution in [-0.2, 0) is 14.3 Å². The molecule has 0 unspecified atom stereocenters. The Morgan fingerprint density at radius 2 is 2.00 bits per heavy atom. The molecule has 6 nitrogen and oxygen atoms in total. The number of carbonyl (C=O) groups excluding carboxylic acids is 2. The monoisotopic (exact) mass is 308 g/mol. The van der Waals surface area contributed by atoms with Gasteiger partial charge in [-0.1, -0.05) is 6.07 Å². The summed E-state index contributed by atoms with van der Waals surface area (Å²) in [6.07, 6.45) is 0.982. The first kappa shape index (κ1) is 18.1. The Morgan fingerprint density at radius 3 is 2.50 bits per heavy atom. The predicted octanol–water partition coefficient (Wildman–Crippen LogP) is 1.95. The third-order valence-electron chi connectivity index (χ3n) is 2.73.